The van der Waals surface area contributed by atoms with Gasteiger partial charge < -0.3 is 15.4 Å². The van der Waals surface area contributed by atoms with Crippen molar-refractivity contribution in [3.63, 3.8) is 0 Å². The highest BCUT2D eigenvalue weighted by molar-refractivity contribution is 8.16. The summed E-state index contributed by atoms with van der Waals surface area (Å²) in [5.74, 6) is -0.0696. The number of hydrogen-bond acceptors (Lipinski definition) is 5. The van der Waals surface area contributed by atoms with Crippen molar-refractivity contribution in [2.45, 2.75) is 5.25 Å². The number of ether oxygens (including phenoxy) is 1. The minimum atomic E-state index is -0.866. The summed E-state index contributed by atoms with van der Waals surface area (Å²) in [7, 11) is 1.57. The van der Waals surface area contributed by atoms with Gasteiger partial charge in [-0.2, -0.15) is 0 Å². The number of nitrogens with zero attached hydrogens (tertiary/aromatic N) is 1. The summed E-state index contributed by atoms with van der Waals surface area (Å²) in [5, 5.41) is 4.90. The first-order chi connectivity index (χ1) is 11.7. The molecule has 6 nitrogen and oxygen atoms in total. The van der Waals surface area contributed by atoms with Crippen molar-refractivity contribution >= 4 is 40.1 Å². The number of carbonyl (C=O) groups excluding carboxylic acids is 2. The van der Waals surface area contributed by atoms with E-state index in [2.05, 4.69) is 15.6 Å². The lowest BCUT2D eigenvalue weighted by Gasteiger charge is -2.08. The standard InChI is InChI=1S/C17H15N3O3S/c1-23-13-9-7-12(8-10-13)18-15(21)14-16(22)20-17(24-14)19-11-5-3-2-4-6-11/h2-10,14H,1H3,(H,18,21)(H,19,20,22)/t14-/m0/s1. The van der Waals surface area contributed by atoms with Crippen LogP contribution in [0.5, 0.6) is 5.75 Å². The van der Waals surface area contributed by atoms with Gasteiger partial charge in [0.25, 0.3) is 0 Å². The third kappa shape index (κ3) is 3.75. The Bertz CT molecular complexity index is 775. The van der Waals surface area contributed by atoms with Gasteiger partial charge in [0.2, 0.25) is 11.8 Å². The summed E-state index contributed by atoms with van der Waals surface area (Å²) in [5.41, 5.74) is 1.32. The van der Waals surface area contributed by atoms with E-state index < -0.39 is 5.25 Å². The Morgan fingerprint density at radius 1 is 1.17 bits per heavy atom. The molecule has 2 amide bonds. The van der Waals surface area contributed by atoms with Gasteiger partial charge in [-0.1, -0.05) is 30.0 Å². The second-order valence-electron chi connectivity index (χ2n) is 4.96. The Morgan fingerprint density at radius 2 is 1.88 bits per heavy atom. The lowest BCUT2D eigenvalue weighted by atomic mass is 10.3. The lowest BCUT2D eigenvalue weighted by Crippen LogP contribution is -2.33. The van der Waals surface area contributed by atoms with E-state index in [1.165, 1.54) is 0 Å². The first-order valence-corrected chi connectivity index (χ1v) is 8.10. The molecule has 0 unspecified atom stereocenters. The molecule has 1 aliphatic rings. The lowest BCUT2D eigenvalue weighted by molar-refractivity contribution is -0.124. The highest BCUT2D eigenvalue weighted by Crippen LogP contribution is 2.24. The predicted octanol–water partition coefficient (Wildman–Crippen LogP) is 2.55. The third-order valence-electron chi connectivity index (χ3n) is 3.28. The van der Waals surface area contributed by atoms with Crippen molar-refractivity contribution < 1.29 is 14.3 Å². The Labute approximate surface area is 143 Å². The topological polar surface area (TPSA) is 79.8 Å². The Kier molecular flexibility index (Phi) is 4.81. The summed E-state index contributed by atoms with van der Waals surface area (Å²) in [6, 6.07) is 16.1. The third-order valence-corrected chi connectivity index (χ3v) is 4.36. The van der Waals surface area contributed by atoms with Gasteiger partial charge >= 0.3 is 0 Å². The van der Waals surface area contributed by atoms with Crippen LogP contribution in [0.15, 0.2) is 59.6 Å². The summed E-state index contributed by atoms with van der Waals surface area (Å²) in [6.07, 6.45) is 0. The van der Waals surface area contributed by atoms with Gasteiger partial charge in [0.15, 0.2) is 10.4 Å². The van der Waals surface area contributed by atoms with Crippen molar-refractivity contribution in [2.75, 3.05) is 12.4 Å². The van der Waals surface area contributed by atoms with Gasteiger partial charge in [0.1, 0.15) is 5.75 Å². The maximum atomic E-state index is 12.3. The molecule has 1 heterocycles. The highest BCUT2D eigenvalue weighted by atomic mass is 32.2. The molecule has 2 N–H and O–H groups in total. The van der Waals surface area contributed by atoms with E-state index in [0.29, 0.717) is 16.6 Å². The van der Waals surface area contributed by atoms with Crippen molar-refractivity contribution in [3.05, 3.63) is 54.6 Å². The molecule has 2 aromatic carbocycles. The van der Waals surface area contributed by atoms with Gasteiger partial charge in [-0.15, -0.1) is 0 Å². The van der Waals surface area contributed by atoms with E-state index in [-0.39, 0.29) is 11.8 Å². The van der Waals surface area contributed by atoms with Crippen LogP contribution in [0.1, 0.15) is 0 Å². The smallest absolute Gasteiger partial charge is 0.249 e. The van der Waals surface area contributed by atoms with Crippen LogP contribution in [-0.4, -0.2) is 29.3 Å². The van der Waals surface area contributed by atoms with Crippen molar-refractivity contribution in [3.8, 4) is 5.75 Å². The molecular formula is C17H15N3O3S. The van der Waals surface area contributed by atoms with Crippen molar-refractivity contribution in [1.82, 2.24) is 5.32 Å². The van der Waals surface area contributed by atoms with Crippen LogP contribution < -0.4 is 15.4 Å². The second-order valence-corrected chi connectivity index (χ2v) is 6.05. The fraction of sp³-hybridized carbons (Fsp3) is 0.118. The number of amides is 2. The van der Waals surface area contributed by atoms with Crippen LogP contribution in [0.4, 0.5) is 11.4 Å². The van der Waals surface area contributed by atoms with Crippen LogP contribution in [0.3, 0.4) is 0 Å². The van der Waals surface area contributed by atoms with Crippen LogP contribution >= 0.6 is 11.8 Å². The van der Waals surface area contributed by atoms with Crippen molar-refractivity contribution in [2.24, 2.45) is 4.99 Å². The highest BCUT2D eigenvalue weighted by Gasteiger charge is 2.36. The van der Waals surface area contributed by atoms with E-state index in [9.17, 15) is 9.59 Å². The molecule has 0 spiro atoms. The molecule has 0 radical (unpaired) electrons. The number of methoxy groups -OCH3 is 1. The van der Waals surface area contributed by atoms with Crippen LogP contribution in [0.2, 0.25) is 0 Å². The Hall–Kier alpha value is -2.80. The van der Waals surface area contributed by atoms with Crippen molar-refractivity contribution in [1.29, 1.82) is 0 Å². The fourth-order valence-electron chi connectivity index (χ4n) is 2.09. The number of amidine groups is 1. The van der Waals surface area contributed by atoms with E-state index in [4.69, 9.17) is 4.74 Å². The molecule has 24 heavy (non-hydrogen) atoms. The summed E-state index contributed by atoms with van der Waals surface area (Å²) >= 11 is 1.10. The first kappa shape index (κ1) is 16.1. The molecule has 0 aliphatic carbocycles. The summed E-state index contributed by atoms with van der Waals surface area (Å²) in [6.45, 7) is 0. The normalized spacial score (nSPS) is 18.3. The van der Waals surface area contributed by atoms with E-state index >= 15 is 0 Å². The number of thioether (sulfide) groups is 1. The summed E-state index contributed by atoms with van der Waals surface area (Å²) in [4.78, 5) is 28.6. The minimum absolute atomic E-state index is 0.374. The maximum absolute atomic E-state index is 12.3. The zero-order chi connectivity index (χ0) is 16.9. The Balaban J connectivity index is 1.67. The largest absolute Gasteiger partial charge is 0.497 e. The van der Waals surface area contributed by atoms with Gasteiger partial charge in [-0.05, 0) is 36.4 Å². The molecule has 7 heteroatoms. The molecule has 0 bridgehead atoms. The van der Waals surface area contributed by atoms with Gasteiger partial charge in [-0.25, -0.2) is 4.99 Å². The maximum Gasteiger partial charge on any atom is 0.249 e. The second kappa shape index (κ2) is 7.18. The average Bonchev–Trinajstić information content (AvgIpc) is 2.97. The van der Waals surface area contributed by atoms with Gasteiger partial charge in [0, 0.05) is 5.69 Å². The molecular weight excluding hydrogens is 326 g/mol. The van der Waals surface area contributed by atoms with Gasteiger partial charge in [0.05, 0.1) is 12.8 Å². The van der Waals surface area contributed by atoms with Crippen LogP contribution in [-0.2, 0) is 9.59 Å². The molecule has 1 atom stereocenters. The fourth-order valence-corrected chi connectivity index (χ4v) is 2.97. The zero-order valence-electron chi connectivity index (χ0n) is 12.9. The number of hydrogen-bond donors (Lipinski definition) is 2. The molecule has 1 saturated heterocycles. The average molecular weight is 341 g/mol. The monoisotopic (exact) mass is 341 g/mol. The number of aliphatic imine (C=N–C) groups is 1. The number of nitrogens with one attached hydrogen (secondary N) is 2. The molecule has 0 aromatic heterocycles. The predicted molar refractivity (Wildman–Crippen MR) is 94.7 cm³/mol. The van der Waals surface area contributed by atoms with Crippen LogP contribution in [0, 0.1) is 0 Å². The number of benzene rings is 2. The summed E-state index contributed by atoms with van der Waals surface area (Å²) < 4.78 is 5.06. The number of carbonyl (C=O) groups is 2. The SMILES string of the molecule is COc1ccc(NC(=O)[C@@H]2SC(=Nc3ccccc3)NC2=O)cc1. The van der Waals surface area contributed by atoms with E-state index in [1.54, 1.807) is 31.4 Å². The quantitative estimate of drug-likeness (QED) is 0.838. The Morgan fingerprint density at radius 3 is 2.54 bits per heavy atom. The van der Waals surface area contributed by atoms with Crippen LogP contribution in [0.25, 0.3) is 0 Å². The first-order valence-electron chi connectivity index (χ1n) is 7.22. The number of rotatable bonds is 4. The molecule has 1 aliphatic heterocycles. The minimum Gasteiger partial charge on any atom is -0.497 e. The van der Waals surface area contributed by atoms with E-state index in [0.717, 1.165) is 17.4 Å². The molecule has 122 valence electrons. The molecule has 0 saturated carbocycles. The molecule has 3 rings (SSSR count). The van der Waals surface area contributed by atoms with E-state index in [1.807, 2.05) is 30.3 Å². The number of anilines is 1. The number of para-hydroxylation sites is 1. The van der Waals surface area contributed by atoms with Gasteiger partial charge in [-0.3, -0.25) is 9.59 Å². The zero-order valence-corrected chi connectivity index (χ0v) is 13.7. The molecule has 2 aromatic rings. The molecule has 1 fully saturated rings.